The number of halogens is 2. The van der Waals surface area contributed by atoms with Crippen molar-refractivity contribution >= 4 is 5.97 Å². The summed E-state index contributed by atoms with van der Waals surface area (Å²) >= 11 is 0. The van der Waals surface area contributed by atoms with Crippen LogP contribution in [-0.4, -0.2) is 50.3 Å². The van der Waals surface area contributed by atoms with Gasteiger partial charge in [0.25, 0.3) is 0 Å². The lowest BCUT2D eigenvalue weighted by Crippen LogP contribution is -2.40. The number of carbonyl (C=O) groups excluding carboxylic acids is 1. The molecule has 3 rings (SSSR count). The zero-order chi connectivity index (χ0) is 22.1. The van der Waals surface area contributed by atoms with Gasteiger partial charge >= 0.3 is 5.97 Å². The Morgan fingerprint density at radius 2 is 1.65 bits per heavy atom. The molecule has 0 amide bonds. The van der Waals surface area contributed by atoms with E-state index in [1.54, 1.807) is 24.3 Å². The Kier molecular flexibility index (Phi) is 8.98. The number of carbonyl (C=O) groups is 1. The van der Waals surface area contributed by atoms with E-state index in [0.29, 0.717) is 26.2 Å². The van der Waals surface area contributed by atoms with E-state index in [1.165, 1.54) is 24.3 Å². The number of hydrogen-bond acceptors (Lipinski definition) is 4. The van der Waals surface area contributed by atoms with E-state index in [2.05, 4.69) is 4.90 Å². The highest BCUT2D eigenvalue weighted by atomic mass is 19.1. The summed E-state index contributed by atoms with van der Waals surface area (Å²) in [6, 6.07) is 12.9. The monoisotopic (exact) mass is 431 g/mol. The molecule has 1 heterocycles. The Bertz CT molecular complexity index is 765. The molecule has 4 nitrogen and oxygen atoms in total. The third kappa shape index (κ3) is 7.11. The van der Waals surface area contributed by atoms with E-state index in [4.69, 9.17) is 9.47 Å². The van der Waals surface area contributed by atoms with Gasteiger partial charge in [-0.3, -0.25) is 4.79 Å². The van der Waals surface area contributed by atoms with Crippen LogP contribution in [0.4, 0.5) is 8.78 Å². The number of hydrogen-bond donors (Lipinski definition) is 0. The van der Waals surface area contributed by atoms with Crippen molar-refractivity contribution in [2.45, 2.75) is 32.1 Å². The molecular formula is C25H31F2NO3. The number of ether oxygens (including phenoxy) is 2. The third-order valence-corrected chi connectivity index (χ3v) is 5.77. The molecule has 0 spiro atoms. The second-order valence-corrected chi connectivity index (χ2v) is 7.95. The van der Waals surface area contributed by atoms with Crippen LogP contribution in [-0.2, 0) is 14.3 Å². The summed E-state index contributed by atoms with van der Waals surface area (Å²) < 4.78 is 37.7. The van der Waals surface area contributed by atoms with Crippen LogP contribution in [0.15, 0.2) is 48.5 Å². The quantitative estimate of drug-likeness (QED) is 0.401. The van der Waals surface area contributed by atoms with Gasteiger partial charge in [-0.25, -0.2) is 8.78 Å². The van der Waals surface area contributed by atoms with Crippen LogP contribution >= 0.6 is 0 Å². The molecule has 1 aliphatic rings. The molecule has 2 aromatic rings. The van der Waals surface area contributed by atoms with Crippen LogP contribution in [0.5, 0.6) is 0 Å². The molecule has 0 unspecified atom stereocenters. The number of nitrogens with zero attached hydrogens (tertiary/aromatic N) is 1. The first-order valence-electron chi connectivity index (χ1n) is 11.0. The smallest absolute Gasteiger partial charge is 0.310 e. The Morgan fingerprint density at radius 1 is 1.03 bits per heavy atom. The minimum absolute atomic E-state index is 0.00406. The summed E-state index contributed by atoms with van der Waals surface area (Å²) in [5.41, 5.74) is 1.95. The molecule has 1 atom stereocenters. The Morgan fingerprint density at radius 3 is 2.23 bits per heavy atom. The lowest BCUT2D eigenvalue weighted by molar-refractivity contribution is -0.150. The maximum Gasteiger partial charge on any atom is 0.310 e. The van der Waals surface area contributed by atoms with Crippen LogP contribution in [0.3, 0.4) is 0 Å². The van der Waals surface area contributed by atoms with E-state index in [1.807, 2.05) is 6.92 Å². The summed E-state index contributed by atoms with van der Waals surface area (Å²) in [4.78, 5) is 14.2. The zero-order valence-corrected chi connectivity index (χ0v) is 18.1. The summed E-state index contributed by atoms with van der Waals surface area (Å²) in [5, 5.41) is 0. The van der Waals surface area contributed by atoms with Crippen molar-refractivity contribution in [1.29, 1.82) is 0 Å². The van der Waals surface area contributed by atoms with E-state index in [0.717, 1.165) is 43.6 Å². The van der Waals surface area contributed by atoms with Crippen LogP contribution in [0.2, 0.25) is 0 Å². The molecule has 1 fully saturated rings. The van der Waals surface area contributed by atoms with Gasteiger partial charge in [-0.1, -0.05) is 24.3 Å². The first kappa shape index (κ1) is 23.4. The van der Waals surface area contributed by atoms with E-state index in [-0.39, 0.29) is 29.4 Å². The van der Waals surface area contributed by atoms with Crippen molar-refractivity contribution in [2.75, 3.05) is 39.5 Å². The molecule has 0 bridgehead atoms. The van der Waals surface area contributed by atoms with Gasteiger partial charge in [0, 0.05) is 25.6 Å². The fourth-order valence-corrected chi connectivity index (χ4v) is 4.12. The predicted molar refractivity (Wildman–Crippen MR) is 116 cm³/mol. The third-order valence-electron chi connectivity index (χ3n) is 5.77. The van der Waals surface area contributed by atoms with Gasteiger partial charge in [0.05, 0.1) is 19.1 Å². The molecule has 1 saturated heterocycles. The second-order valence-electron chi connectivity index (χ2n) is 7.95. The average molecular weight is 432 g/mol. The highest BCUT2D eigenvalue weighted by Gasteiger charge is 2.26. The molecule has 0 N–H and O–H groups in total. The summed E-state index contributed by atoms with van der Waals surface area (Å²) in [5.74, 6) is -0.699. The number of esters is 1. The average Bonchev–Trinajstić information content (AvgIpc) is 2.78. The maximum atomic E-state index is 13.3. The first-order valence-corrected chi connectivity index (χ1v) is 11.0. The fourth-order valence-electron chi connectivity index (χ4n) is 4.12. The van der Waals surface area contributed by atoms with Crippen molar-refractivity contribution < 1.29 is 23.0 Å². The van der Waals surface area contributed by atoms with Gasteiger partial charge in [-0.15, -0.1) is 0 Å². The van der Waals surface area contributed by atoms with E-state index in [9.17, 15) is 13.6 Å². The molecule has 6 heteroatoms. The fraction of sp³-hybridized carbons (Fsp3) is 0.480. The second kappa shape index (κ2) is 11.9. The lowest BCUT2D eigenvalue weighted by atomic mass is 9.89. The first-order chi connectivity index (χ1) is 15.1. The number of rotatable bonds is 10. The van der Waals surface area contributed by atoms with Crippen LogP contribution < -0.4 is 0 Å². The van der Waals surface area contributed by atoms with Crippen LogP contribution in [0, 0.1) is 17.6 Å². The summed E-state index contributed by atoms with van der Waals surface area (Å²) in [6.45, 7) is 5.82. The highest BCUT2D eigenvalue weighted by molar-refractivity contribution is 5.72. The predicted octanol–water partition coefficient (Wildman–Crippen LogP) is 4.78. The minimum atomic E-state index is -0.277. The Hall–Kier alpha value is -2.31. The van der Waals surface area contributed by atoms with Gasteiger partial charge in [0.1, 0.15) is 11.6 Å². The largest absolute Gasteiger partial charge is 0.466 e. The van der Waals surface area contributed by atoms with Crippen molar-refractivity contribution in [1.82, 2.24) is 4.90 Å². The standard InChI is InChI=1S/C25H31F2NO3/c1-2-31-25(29)21-4-3-14-28(18-21)15-17-30-16-13-24(19-5-9-22(26)10-6-19)20-7-11-23(27)12-8-20/h5-12,21,24H,2-4,13-18H2,1H3/t21-/m1/s1. The van der Waals surface area contributed by atoms with Gasteiger partial charge in [0.15, 0.2) is 0 Å². The maximum absolute atomic E-state index is 13.3. The zero-order valence-electron chi connectivity index (χ0n) is 18.1. The molecule has 1 aliphatic heterocycles. The SMILES string of the molecule is CCOC(=O)[C@@H]1CCCN(CCOCCC(c2ccc(F)cc2)c2ccc(F)cc2)C1. The minimum Gasteiger partial charge on any atom is -0.466 e. The molecule has 2 aromatic carbocycles. The molecule has 31 heavy (non-hydrogen) atoms. The molecule has 0 saturated carbocycles. The van der Waals surface area contributed by atoms with Gasteiger partial charge in [-0.05, 0) is 68.1 Å². The van der Waals surface area contributed by atoms with Crippen LogP contribution in [0.25, 0.3) is 0 Å². The highest BCUT2D eigenvalue weighted by Crippen LogP contribution is 2.28. The summed E-state index contributed by atoms with van der Waals surface area (Å²) in [6.07, 6.45) is 2.58. The molecule has 0 aromatic heterocycles. The van der Waals surface area contributed by atoms with Gasteiger partial charge in [0.2, 0.25) is 0 Å². The van der Waals surface area contributed by atoms with E-state index >= 15 is 0 Å². The number of benzene rings is 2. The Labute approximate surface area is 183 Å². The van der Waals surface area contributed by atoms with Crippen molar-refractivity contribution in [2.24, 2.45) is 5.92 Å². The van der Waals surface area contributed by atoms with Crippen molar-refractivity contribution in [3.05, 3.63) is 71.3 Å². The lowest BCUT2D eigenvalue weighted by Gasteiger charge is -2.31. The normalized spacial score (nSPS) is 17.1. The van der Waals surface area contributed by atoms with Gasteiger partial charge < -0.3 is 14.4 Å². The molecule has 0 aliphatic carbocycles. The number of likely N-dealkylation sites (tertiary alicyclic amines) is 1. The van der Waals surface area contributed by atoms with Gasteiger partial charge in [-0.2, -0.15) is 0 Å². The van der Waals surface area contributed by atoms with Crippen molar-refractivity contribution in [3.8, 4) is 0 Å². The topological polar surface area (TPSA) is 38.8 Å². The molecular weight excluding hydrogens is 400 g/mol. The molecule has 168 valence electrons. The van der Waals surface area contributed by atoms with Crippen LogP contribution in [0.1, 0.15) is 43.2 Å². The summed E-state index contributed by atoms with van der Waals surface area (Å²) in [7, 11) is 0. The number of piperidine rings is 1. The molecule has 0 radical (unpaired) electrons. The Balaban J connectivity index is 1.49. The van der Waals surface area contributed by atoms with Crippen molar-refractivity contribution in [3.63, 3.8) is 0 Å². The van der Waals surface area contributed by atoms with E-state index < -0.39 is 0 Å².